The van der Waals surface area contributed by atoms with Crippen molar-refractivity contribution in [2.45, 2.75) is 21.7 Å². The Kier molecular flexibility index (Phi) is 4.60. The van der Waals surface area contributed by atoms with Crippen LogP contribution in [0.5, 0.6) is 0 Å². The Morgan fingerprint density at radius 3 is 1.45 bits per heavy atom. The zero-order chi connectivity index (χ0) is 17.7. The molecule has 22 heavy (non-hydrogen) atoms. The zero-order valence-corrected chi connectivity index (χ0v) is 12.0. The predicted molar refractivity (Wildman–Crippen MR) is 63.5 cm³/mol. The van der Waals surface area contributed by atoms with E-state index in [0.29, 0.717) is 0 Å². The molecule has 0 radical (unpaired) electrons. The summed E-state index contributed by atoms with van der Waals surface area (Å²) in [5.74, 6) is -23.0. The molecule has 0 spiro atoms. The fourth-order valence-electron chi connectivity index (χ4n) is 1.32. The summed E-state index contributed by atoms with van der Waals surface area (Å²) in [6, 6.07) is -0.874. The molecule has 126 valence electrons. The Bertz CT molecular complexity index is 557. The van der Waals surface area contributed by atoms with Crippen molar-refractivity contribution in [1.29, 1.82) is 0 Å². The van der Waals surface area contributed by atoms with Crippen molar-refractivity contribution in [2.75, 3.05) is 5.73 Å². The largest absolute Gasteiger partial charge is 0.394 e. The third-order valence-corrected chi connectivity index (χ3v) is 3.26. The van der Waals surface area contributed by atoms with E-state index >= 15 is 0 Å². The van der Waals surface area contributed by atoms with E-state index in [1.165, 1.54) is 0 Å². The lowest BCUT2D eigenvalue weighted by Gasteiger charge is -2.34. The van der Waals surface area contributed by atoms with Gasteiger partial charge in [-0.2, -0.15) is 35.1 Å². The van der Waals surface area contributed by atoms with Gasteiger partial charge >= 0.3 is 21.7 Å². The fraction of sp³-hybridized carbons (Fsp3) is 0.400. The highest BCUT2D eigenvalue weighted by atomic mass is 127. The molecular formula is C10H4F10IN. The first kappa shape index (κ1) is 19.1. The van der Waals surface area contributed by atoms with Crippen molar-refractivity contribution in [3.05, 3.63) is 29.3 Å². The number of hydrogen-bond acceptors (Lipinski definition) is 1. The van der Waals surface area contributed by atoms with Gasteiger partial charge in [-0.1, -0.05) is 0 Å². The van der Waals surface area contributed by atoms with Gasteiger partial charge in [0, 0.05) is 28.2 Å². The second-order valence-corrected chi connectivity index (χ2v) is 5.43. The number of nitrogen functional groups attached to an aromatic ring is 1. The Labute approximate surface area is 129 Å². The van der Waals surface area contributed by atoms with Gasteiger partial charge in [0.2, 0.25) is 0 Å². The van der Waals surface area contributed by atoms with E-state index in [0.717, 1.165) is 0 Å². The summed E-state index contributed by atoms with van der Waals surface area (Å²) in [5.41, 5.74) is 1.12. The van der Waals surface area contributed by atoms with Gasteiger partial charge in [0.25, 0.3) is 0 Å². The smallest absolute Gasteiger partial charge is 0.387 e. The summed E-state index contributed by atoms with van der Waals surface area (Å²) in [4.78, 5) is 0. The van der Waals surface area contributed by atoms with Gasteiger partial charge in [-0.05, 0) is 12.1 Å². The standard InChI is InChI=1S/C10H4F10IN/c11-4-1-3(2-5(12)6(4)22)7(13,14)8(15,16)9(17,18)10(19,20)21/h1-2H,22H2. The first-order valence-electron chi connectivity index (χ1n) is 5.02. The first-order valence-corrected chi connectivity index (χ1v) is 6.10. The van der Waals surface area contributed by atoms with Crippen molar-refractivity contribution >= 4 is 28.3 Å². The van der Waals surface area contributed by atoms with Crippen LogP contribution in [0.3, 0.4) is 0 Å². The summed E-state index contributed by atoms with van der Waals surface area (Å²) in [6.45, 7) is 0. The molecule has 0 bridgehead atoms. The van der Waals surface area contributed by atoms with Gasteiger partial charge in [-0.3, -0.25) is 0 Å². The number of alkyl halides is 9. The van der Waals surface area contributed by atoms with Crippen LogP contribution in [0, 0.1) is 11.6 Å². The van der Waals surface area contributed by atoms with Crippen LogP contribution in [-0.2, 0) is 5.92 Å². The first-order chi connectivity index (χ1) is 9.57. The molecule has 1 aromatic rings. The molecule has 2 N–H and O–H groups in total. The lowest BCUT2D eigenvalue weighted by atomic mass is 9.96. The highest BCUT2D eigenvalue weighted by molar-refractivity contribution is 14.1. The fourth-order valence-corrected chi connectivity index (χ4v) is 1.66. The van der Waals surface area contributed by atoms with E-state index in [4.69, 9.17) is 5.73 Å². The SMILES string of the molecule is Nc1c(F)cc(C(F)(F)C(F)(F)C(F)(F)C(F)(F)I)cc1F. The second kappa shape index (κ2) is 5.30. The van der Waals surface area contributed by atoms with Crippen molar-refractivity contribution in [1.82, 2.24) is 0 Å². The summed E-state index contributed by atoms with van der Waals surface area (Å²) < 4.78 is 125. The van der Waals surface area contributed by atoms with Crippen molar-refractivity contribution in [3.8, 4) is 0 Å². The summed E-state index contributed by atoms with van der Waals surface area (Å²) in [5, 5.41) is 0. The zero-order valence-electron chi connectivity index (χ0n) is 9.89. The number of benzene rings is 1. The average molecular weight is 455 g/mol. The second-order valence-electron chi connectivity index (χ2n) is 4.07. The molecule has 1 nitrogen and oxygen atoms in total. The molecule has 0 saturated carbocycles. The minimum absolute atomic E-state index is 0.437. The normalized spacial score (nSPS) is 14.3. The topological polar surface area (TPSA) is 26.0 Å². The molecule has 0 amide bonds. The van der Waals surface area contributed by atoms with E-state index in [2.05, 4.69) is 0 Å². The van der Waals surface area contributed by atoms with E-state index in [1.807, 2.05) is 0 Å². The molecule has 0 aliphatic rings. The Morgan fingerprint density at radius 2 is 1.14 bits per heavy atom. The van der Waals surface area contributed by atoms with Crippen LogP contribution in [0.4, 0.5) is 49.6 Å². The van der Waals surface area contributed by atoms with Crippen molar-refractivity contribution in [3.63, 3.8) is 0 Å². The van der Waals surface area contributed by atoms with Crippen LogP contribution in [0.25, 0.3) is 0 Å². The number of rotatable bonds is 4. The van der Waals surface area contributed by atoms with Crippen LogP contribution in [-0.4, -0.2) is 15.8 Å². The molecule has 0 heterocycles. The maximum Gasteiger partial charge on any atom is 0.387 e. The minimum atomic E-state index is -6.64. The molecule has 0 fully saturated rings. The molecular weight excluding hydrogens is 451 g/mol. The maximum absolute atomic E-state index is 13.5. The Morgan fingerprint density at radius 1 is 0.773 bits per heavy atom. The van der Waals surface area contributed by atoms with Crippen LogP contribution >= 0.6 is 22.6 Å². The van der Waals surface area contributed by atoms with Gasteiger partial charge in [-0.15, -0.1) is 0 Å². The number of anilines is 1. The number of nitrogens with two attached hydrogens (primary N) is 1. The Balaban J connectivity index is 3.52. The lowest BCUT2D eigenvalue weighted by molar-refractivity contribution is -0.347. The van der Waals surface area contributed by atoms with Gasteiger partial charge in [0.15, 0.2) is 0 Å². The highest BCUT2D eigenvalue weighted by Gasteiger charge is 2.80. The van der Waals surface area contributed by atoms with Crippen LogP contribution in [0.1, 0.15) is 5.56 Å². The van der Waals surface area contributed by atoms with Crippen LogP contribution in [0.15, 0.2) is 12.1 Å². The predicted octanol–water partition coefficient (Wildman–Crippen LogP) is 4.94. The third-order valence-electron chi connectivity index (χ3n) is 2.59. The van der Waals surface area contributed by atoms with Crippen molar-refractivity contribution in [2.24, 2.45) is 0 Å². The lowest BCUT2D eigenvalue weighted by Crippen LogP contribution is -2.59. The number of halogens is 11. The average Bonchev–Trinajstić information content (AvgIpc) is 2.33. The van der Waals surface area contributed by atoms with Gasteiger partial charge in [0.05, 0.1) is 0 Å². The molecule has 1 rings (SSSR count). The summed E-state index contributed by atoms with van der Waals surface area (Å²) >= 11 is -0.442. The molecule has 0 aromatic heterocycles. The summed E-state index contributed by atoms with van der Waals surface area (Å²) in [6.07, 6.45) is 0. The van der Waals surface area contributed by atoms with E-state index in [9.17, 15) is 43.9 Å². The van der Waals surface area contributed by atoms with Crippen LogP contribution in [0.2, 0.25) is 0 Å². The Hall–Kier alpha value is -0.950. The van der Waals surface area contributed by atoms with Gasteiger partial charge in [-0.25, -0.2) is 8.78 Å². The molecule has 0 aliphatic heterocycles. The van der Waals surface area contributed by atoms with E-state index < -0.39 is 79.3 Å². The van der Waals surface area contributed by atoms with Gasteiger partial charge in [0.1, 0.15) is 17.3 Å². The molecule has 12 heteroatoms. The quantitative estimate of drug-likeness (QED) is 0.296. The minimum Gasteiger partial charge on any atom is -0.394 e. The van der Waals surface area contributed by atoms with E-state index in [-0.39, 0.29) is 0 Å². The van der Waals surface area contributed by atoms with Crippen molar-refractivity contribution < 1.29 is 43.9 Å². The molecule has 1 aromatic carbocycles. The maximum atomic E-state index is 13.5. The molecule has 0 unspecified atom stereocenters. The summed E-state index contributed by atoms with van der Waals surface area (Å²) in [7, 11) is 0. The molecule has 0 aliphatic carbocycles. The monoisotopic (exact) mass is 455 g/mol. The number of hydrogen-bond donors (Lipinski definition) is 1. The van der Waals surface area contributed by atoms with Crippen LogP contribution < -0.4 is 5.73 Å². The highest BCUT2D eigenvalue weighted by Crippen LogP contribution is 2.58. The molecule has 0 saturated heterocycles. The van der Waals surface area contributed by atoms with Gasteiger partial charge < -0.3 is 5.73 Å². The third kappa shape index (κ3) is 2.69. The molecule has 0 atom stereocenters. The van der Waals surface area contributed by atoms with E-state index in [1.54, 1.807) is 0 Å².